The van der Waals surface area contributed by atoms with E-state index in [1.807, 2.05) is 0 Å². The van der Waals surface area contributed by atoms with Gasteiger partial charge in [-0.2, -0.15) is 9.97 Å². The van der Waals surface area contributed by atoms with Crippen LogP contribution in [0.1, 0.15) is 12.8 Å². The molecule has 2 aromatic rings. The highest BCUT2D eigenvalue weighted by Gasteiger charge is 2.37. The third kappa shape index (κ3) is 9.11. The highest BCUT2D eigenvalue weighted by molar-refractivity contribution is 8.76. The molecule has 2 rings (SSSR count). The molecule has 22 heteroatoms. The molecule has 0 atom stereocenters. The van der Waals surface area contributed by atoms with E-state index in [0.717, 1.165) is 31.0 Å². The quantitative estimate of drug-likeness (QED) is 0.105. The van der Waals surface area contributed by atoms with Crippen LogP contribution in [0.2, 0.25) is 12.1 Å². The first-order valence-corrected chi connectivity index (χ1v) is 17.8. The SMILES string of the molecule is CO[Si](CCCNC(=O)n1nc(SSc2nc(N)n(C(=O)NCCC[Si](OC)(OC)OC)n2)nc1N)(OC)OC. The first-order valence-electron chi connectivity index (χ1n) is 11.8. The maximum Gasteiger partial charge on any atom is 0.500 e. The molecule has 0 radical (unpaired) electrons. The van der Waals surface area contributed by atoms with Crippen LogP contribution in [0.3, 0.4) is 0 Å². The van der Waals surface area contributed by atoms with Crippen molar-refractivity contribution in [2.75, 3.05) is 67.2 Å². The van der Waals surface area contributed by atoms with Crippen LogP contribution in [-0.2, 0) is 26.6 Å². The lowest BCUT2D eigenvalue weighted by Crippen LogP contribution is -2.43. The minimum Gasteiger partial charge on any atom is -0.377 e. The number of hydrogen-bond donors (Lipinski definition) is 4. The molecule has 0 aromatic carbocycles. The molecule has 0 aliphatic heterocycles. The maximum atomic E-state index is 12.5. The fraction of sp³-hybridized carbons (Fsp3) is 0.667. The van der Waals surface area contributed by atoms with E-state index in [1.54, 1.807) is 0 Å². The summed E-state index contributed by atoms with van der Waals surface area (Å²) in [5.74, 6) is -0.204. The van der Waals surface area contributed by atoms with Crippen LogP contribution in [0.15, 0.2) is 10.3 Å². The predicted molar refractivity (Wildman–Crippen MR) is 151 cm³/mol. The van der Waals surface area contributed by atoms with Crippen molar-refractivity contribution in [3.8, 4) is 0 Å². The van der Waals surface area contributed by atoms with Gasteiger partial charge in [-0.1, -0.05) is 0 Å². The van der Waals surface area contributed by atoms with Gasteiger partial charge in [0, 0.05) is 67.8 Å². The second kappa shape index (κ2) is 16.2. The summed E-state index contributed by atoms with van der Waals surface area (Å²) in [6, 6.07) is -0.0723. The Kier molecular flexibility index (Phi) is 13.8. The number of hydrogen-bond acceptors (Lipinski definition) is 16. The Labute approximate surface area is 241 Å². The molecule has 18 nitrogen and oxygen atoms in total. The Morgan fingerprint density at radius 3 is 1.32 bits per heavy atom. The van der Waals surface area contributed by atoms with Crippen LogP contribution < -0.4 is 22.1 Å². The Hall–Kier alpha value is -2.29. The third-order valence-electron chi connectivity index (χ3n) is 5.54. The van der Waals surface area contributed by atoms with Gasteiger partial charge in [0.25, 0.3) is 0 Å². The van der Waals surface area contributed by atoms with Gasteiger partial charge in [0.05, 0.1) is 0 Å². The summed E-state index contributed by atoms with van der Waals surface area (Å²) in [5.41, 5.74) is 11.7. The fourth-order valence-corrected chi connectivity index (χ4v) is 8.27. The largest absolute Gasteiger partial charge is 0.500 e. The number of nitrogens with two attached hydrogens (primary N) is 2. The topological polar surface area (TPSA) is 227 Å². The van der Waals surface area contributed by atoms with Gasteiger partial charge < -0.3 is 48.7 Å². The van der Waals surface area contributed by atoms with Gasteiger partial charge in [0.2, 0.25) is 22.2 Å². The summed E-state index contributed by atoms with van der Waals surface area (Å²) in [5, 5.41) is 14.0. The van der Waals surface area contributed by atoms with Crippen molar-refractivity contribution in [3.63, 3.8) is 0 Å². The average Bonchev–Trinajstić information content (AvgIpc) is 3.54. The first kappa shape index (κ1) is 33.9. The Balaban J connectivity index is 1.85. The van der Waals surface area contributed by atoms with E-state index in [0.29, 0.717) is 38.0 Å². The third-order valence-corrected chi connectivity index (χ3v) is 13.1. The summed E-state index contributed by atoms with van der Waals surface area (Å²) >= 11 is 0. The molecule has 0 aliphatic carbocycles. The van der Waals surface area contributed by atoms with Crippen LogP contribution >= 0.6 is 21.6 Å². The summed E-state index contributed by atoms with van der Waals surface area (Å²) in [6.45, 7) is 0.633. The van der Waals surface area contributed by atoms with Crippen molar-refractivity contribution in [2.45, 2.75) is 35.2 Å². The van der Waals surface area contributed by atoms with E-state index >= 15 is 0 Å². The normalized spacial score (nSPS) is 12.1. The minimum atomic E-state index is -2.73. The molecular formula is C18H36N10O8S2Si2. The molecule has 2 aromatic heterocycles. The average molecular weight is 641 g/mol. The number of amides is 2. The van der Waals surface area contributed by atoms with Crippen LogP contribution in [0.5, 0.6) is 0 Å². The van der Waals surface area contributed by atoms with Gasteiger partial charge in [-0.05, 0) is 34.4 Å². The molecular weight excluding hydrogens is 605 g/mol. The molecule has 0 saturated heterocycles. The maximum absolute atomic E-state index is 12.5. The van der Waals surface area contributed by atoms with E-state index in [2.05, 4.69) is 30.8 Å². The number of nitrogen functional groups attached to an aromatic ring is 2. The summed E-state index contributed by atoms with van der Waals surface area (Å²) < 4.78 is 34.0. The molecule has 6 N–H and O–H groups in total. The van der Waals surface area contributed by atoms with E-state index in [1.165, 1.54) is 42.7 Å². The summed E-state index contributed by atoms with van der Waals surface area (Å²) in [6.07, 6.45) is 1.11. The van der Waals surface area contributed by atoms with Crippen LogP contribution in [0.25, 0.3) is 0 Å². The van der Waals surface area contributed by atoms with Crippen molar-refractivity contribution in [2.24, 2.45) is 0 Å². The molecule has 226 valence electrons. The van der Waals surface area contributed by atoms with E-state index in [-0.39, 0.29) is 22.2 Å². The van der Waals surface area contributed by atoms with Gasteiger partial charge >= 0.3 is 29.7 Å². The Morgan fingerprint density at radius 2 is 1.02 bits per heavy atom. The van der Waals surface area contributed by atoms with Gasteiger partial charge in [-0.25, -0.2) is 9.59 Å². The Morgan fingerprint density at radius 1 is 0.700 bits per heavy atom. The highest BCUT2D eigenvalue weighted by atomic mass is 33.1. The number of rotatable bonds is 17. The molecule has 2 amide bonds. The number of nitrogens with zero attached hydrogens (tertiary/aromatic N) is 6. The standard InChI is InChI=1S/C18H36N10O8S2Si2/c1-31-39(32-2,33-3)11-7-9-21-17(29)27-13(19)23-15(25-27)37-38-16-24-14(20)28(26-16)18(30)22-10-8-12-40(34-4,35-5)36-6/h7-12H2,1-6H3,(H,21,29)(H,22,30)(H2,19,23,25)(H2,20,24,26). The number of carbonyl (C=O) groups is 2. The number of aromatic nitrogens is 6. The lowest BCUT2D eigenvalue weighted by atomic mass is 10.5. The van der Waals surface area contributed by atoms with Crippen molar-refractivity contribution in [1.82, 2.24) is 40.2 Å². The molecule has 0 saturated carbocycles. The van der Waals surface area contributed by atoms with Gasteiger partial charge in [-0.3, -0.25) is 0 Å². The molecule has 40 heavy (non-hydrogen) atoms. The van der Waals surface area contributed by atoms with Gasteiger partial charge in [0.1, 0.15) is 0 Å². The molecule has 0 bridgehead atoms. The zero-order valence-electron chi connectivity index (χ0n) is 23.2. The van der Waals surface area contributed by atoms with Gasteiger partial charge in [0.15, 0.2) is 0 Å². The molecule has 0 unspecified atom stereocenters. The van der Waals surface area contributed by atoms with Crippen molar-refractivity contribution in [3.05, 3.63) is 0 Å². The van der Waals surface area contributed by atoms with Crippen LogP contribution in [-0.4, -0.2) is 115 Å². The monoisotopic (exact) mass is 640 g/mol. The Bertz CT molecular complexity index is 1000. The van der Waals surface area contributed by atoms with E-state index in [4.69, 9.17) is 38.0 Å². The fourth-order valence-electron chi connectivity index (χ4n) is 3.32. The zero-order valence-corrected chi connectivity index (χ0v) is 26.8. The summed E-state index contributed by atoms with van der Waals surface area (Å²) in [7, 11) is 5.77. The lowest BCUT2D eigenvalue weighted by Gasteiger charge is -2.24. The van der Waals surface area contributed by atoms with Crippen LogP contribution in [0, 0.1) is 0 Å². The molecule has 2 heterocycles. The lowest BCUT2D eigenvalue weighted by molar-refractivity contribution is 0.122. The number of carbonyl (C=O) groups excluding carboxylic acids is 2. The zero-order chi connectivity index (χ0) is 29.8. The van der Waals surface area contributed by atoms with E-state index in [9.17, 15) is 9.59 Å². The van der Waals surface area contributed by atoms with Crippen molar-refractivity contribution < 1.29 is 36.1 Å². The van der Waals surface area contributed by atoms with Crippen LogP contribution in [0.4, 0.5) is 21.5 Å². The number of nitrogens with one attached hydrogen (secondary N) is 2. The smallest absolute Gasteiger partial charge is 0.377 e. The van der Waals surface area contributed by atoms with Crippen molar-refractivity contribution in [1.29, 1.82) is 0 Å². The molecule has 0 fully saturated rings. The molecule has 0 spiro atoms. The number of anilines is 2. The highest BCUT2D eigenvalue weighted by Crippen LogP contribution is 2.34. The first-order chi connectivity index (χ1) is 19.1. The predicted octanol–water partition coefficient (Wildman–Crippen LogP) is 0.485. The molecule has 0 aliphatic rings. The second-order valence-corrected chi connectivity index (χ2v) is 16.0. The second-order valence-electron chi connectivity index (χ2n) is 7.76. The summed E-state index contributed by atoms with van der Waals surface area (Å²) in [4.78, 5) is 33.1. The van der Waals surface area contributed by atoms with Crippen molar-refractivity contribution >= 4 is 63.2 Å². The van der Waals surface area contributed by atoms with E-state index < -0.39 is 29.7 Å². The van der Waals surface area contributed by atoms with Gasteiger partial charge in [-0.15, -0.1) is 19.6 Å². The minimum absolute atomic E-state index is 0.102.